The van der Waals surface area contributed by atoms with Gasteiger partial charge in [0.05, 0.1) is 18.3 Å². The molecule has 1 aromatic heterocycles. The van der Waals surface area contributed by atoms with Crippen molar-refractivity contribution in [3.05, 3.63) is 42.4 Å². The highest BCUT2D eigenvalue weighted by Crippen LogP contribution is 2.45. The number of imidazole rings is 1. The molecule has 2 aliphatic rings. The van der Waals surface area contributed by atoms with Crippen LogP contribution in [0.5, 0.6) is 5.75 Å². The van der Waals surface area contributed by atoms with E-state index in [4.69, 9.17) is 4.74 Å². The molecule has 2 atom stereocenters. The highest BCUT2D eigenvalue weighted by molar-refractivity contribution is 7.89. The Kier molecular flexibility index (Phi) is 3.81. The summed E-state index contributed by atoms with van der Waals surface area (Å²) >= 11 is 0. The summed E-state index contributed by atoms with van der Waals surface area (Å²) in [7, 11) is -2.17. The molecule has 2 aliphatic heterocycles. The average molecular weight is 377 g/mol. The van der Waals surface area contributed by atoms with Gasteiger partial charge < -0.3 is 14.4 Å². The van der Waals surface area contributed by atoms with Gasteiger partial charge in [-0.05, 0) is 18.1 Å². The Labute approximate surface area is 151 Å². The van der Waals surface area contributed by atoms with Gasteiger partial charge in [-0.1, -0.05) is 18.2 Å². The van der Waals surface area contributed by atoms with E-state index in [0.717, 1.165) is 5.56 Å². The number of hydrogen-bond donors (Lipinski definition) is 1. The number of aromatic nitrogens is 2. The topological polar surface area (TPSA) is 102 Å². The van der Waals surface area contributed by atoms with Crippen LogP contribution in [0.3, 0.4) is 0 Å². The van der Waals surface area contributed by atoms with Gasteiger partial charge in [-0.2, -0.15) is 4.31 Å². The number of benzene rings is 1. The molecule has 0 radical (unpaired) electrons. The Balaban J connectivity index is 1.72. The first kappa shape index (κ1) is 17.0. The second-order valence-electron chi connectivity index (χ2n) is 6.93. The molecule has 0 aliphatic carbocycles. The van der Waals surface area contributed by atoms with Crippen molar-refractivity contribution in [1.29, 1.82) is 0 Å². The van der Waals surface area contributed by atoms with Crippen molar-refractivity contribution in [3.63, 3.8) is 0 Å². The number of fused-ring (bicyclic) bond motifs is 2. The molecule has 0 spiro atoms. The quantitative estimate of drug-likeness (QED) is 0.847. The second kappa shape index (κ2) is 5.82. The zero-order chi connectivity index (χ0) is 18.5. The van der Waals surface area contributed by atoms with Crippen LogP contribution < -0.4 is 4.74 Å². The summed E-state index contributed by atoms with van der Waals surface area (Å²) in [5, 5.41) is 9.94. The number of rotatable bonds is 3. The van der Waals surface area contributed by atoms with Crippen LogP contribution in [0, 0.1) is 11.3 Å². The third-order valence-corrected chi connectivity index (χ3v) is 6.99. The highest BCUT2D eigenvalue weighted by Gasteiger charge is 2.56. The van der Waals surface area contributed by atoms with Gasteiger partial charge in [0.2, 0.25) is 0 Å². The number of carboxylic acids is 1. The summed E-state index contributed by atoms with van der Waals surface area (Å²) in [5.41, 5.74) is -0.427. The van der Waals surface area contributed by atoms with Gasteiger partial charge in [-0.15, -0.1) is 0 Å². The zero-order valence-electron chi connectivity index (χ0n) is 14.2. The lowest BCUT2D eigenvalue weighted by Gasteiger charge is -2.27. The SMILES string of the molecule is Cn1cnc(S(=O)(=O)N2C[C@H]3COc4ccccc4C[C@@]3(C(=O)O)C2)c1. The molecule has 3 heterocycles. The first-order valence-electron chi connectivity index (χ1n) is 8.25. The first-order valence-corrected chi connectivity index (χ1v) is 9.69. The molecule has 1 aromatic carbocycles. The van der Waals surface area contributed by atoms with Crippen molar-refractivity contribution in [2.24, 2.45) is 18.4 Å². The van der Waals surface area contributed by atoms with E-state index in [1.807, 2.05) is 24.3 Å². The molecule has 0 unspecified atom stereocenters. The lowest BCUT2D eigenvalue weighted by atomic mass is 9.74. The van der Waals surface area contributed by atoms with Crippen LogP contribution in [0.15, 0.2) is 41.8 Å². The maximum Gasteiger partial charge on any atom is 0.311 e. The van der Waals surface area contributed by atoms with E-state index >= 15 is 0 Å². The van der Waals surface area contributed by atoms with Crippen molar-refractivity contribution in [2.45, 2.75) is 11.4 Å². The van der Waals surface area contributed by atoms with Gasteiger partial charge >= 0.3 is 5.97 Å². The second-order valence-corrected chi connectivity index (χ2v) is 8.81. The van der Waals surface area contributed by atoms with Gasteiger partial charge in [0, 0.05) is 32.3 Å². The molecule has 1 saturated heterocycles. The largest absolute Gasteiger partial charge is 0.493 e. The highest BCUT2D eigenvalue weighted by atomic mass is 32.2. The first-order chi connectivity index (χ1) is 12.3. The molecular weight excluding hydrogens is 358 g/mol. The number of aliphatic carboxylic acids is 1. The molecule has 8 nitrogen and oxygen atoms in total. The van der Waals surface area contributed by atoms with E-state index in [9.17, 15) is 18.3 Å². The predicted molar refractivity (Wildman–Crippen MR) is 91.2 cm³/mol. The van der Waals surface area contributed by atoms with E-state index < -0.39 is 27.3 Å². The molecule has 2 aromatic rings. The van der Waals surface area contributed by atoms with Crippen LogP contribution in [-0.4, -0.2) is 53.0 Å². The monoisotopic (exact) mass is 377 g/mol. The third kappa shape index (κ3) is 2.50. The van der Waals surface area contributed by atoms with Crippen molar-refractivity contribution >= 4 is 16.0 Å². The van der Waals surface area contributed by atoms with E-state index in [1.165, 1.54) is 16.8 Å². The van der Waals surface area contributed by atoms with Crippen LogP contribution in [0.4, 0.5) is 0 Å². The normalized spacial score (nSPS) is 25.8. The van der Waals surface area contributed by atoms with Crippen LogP contribution in [-0.2, 0) is 28.3 Å². The van der Waals surface area contributed by atoms with Gasteiger partial charge in [-0.3, -0.25) is 4.79 Å². The number of ether oxygens (including phenoxy) is 1. The number of carboxylic acid groups (broad SMARTS) is 1. The van der Waals surface area contributed by atoms with Crippen LogP contribution >= 0.6 is 0 Å². The van der Waals surface area contributed by atoms with E-state index in [2.05, 4.69) is 4.98 Å². The molecular formula is C17H19N3O5S. The lowest BCUT2D eigenvalue weighted by molar-refractivity contribution is -0.150. The average Bonchev–Trinajstić information content (AvgIpc) is 3.16. The standard InChI is InChI=1S/C17H19N3O5S/c1-19-8-15(18-11-19)26(23,24)20-7-13-9-25-14-5-3-2-4-12(14)6-17(13,10-20)16(21)22/h2-5,8,11,13H,6-7,9-10H2,1H3,(H,21,22)/t13-,17+/m0/s1. The van der Waals surface area contributed by atoms with E-state index in [-0.39, 0.29) is 31.1 Å². The van der Waals surface area contributed by atoms with Crippen LogP contribution in [0.25, 0.3) is 0 Å². The van der Waals surface area contributed by atoms with Gasteiger partial charge in [0.1, 0.15) is 5.75 Å². The maximum absolute atomic E-state index is 12.9. The Morgan fingerprint density at radius 3 is 2.85 bits per heavy atom. The molecule has 138 valence electrons. The van der Waals surface area contributed by atoms with E-state index in [0.29, 0.717) is 5.75 Å². The molecule has 26 heavy (non-hydrogen) atoms. The minimum absolute atomic E-state index is 0.0710. The molecule has 0 bridgehead atoms. The van der Waals surface area contributed by atoms with Gasteiger partial charge in [-0.25, -0.2) is 13.4 Å². The maximum atomic E-state index is 12.9. The number of hydrogen-bond acceptors (Lipinski definition) is 5. The van der Waals surface area contributed by atoms with Gasteiger partial charge in [0.15, 0.2) is 5.03 Å². The smallest absolute Gasteiger partial charge is 0.311 e. The Hall–Kier alpha value is -2.39. The zero-order valence-corrected chi connectivity index (χ0v) is 15.0. The van der Waals surface area contributed by atoms with Crippen LogP contribution in [0.1, 0.15) is 5.56 Å². The van der Waals surface area contributed by atoms with E-state index in [1.54, 1.807) is 11.6 Å². The molecule has 1 N–H and O–H groups in total. The molecule has 1 fully saturated rings. The summed E-state index contributed by atoms with van der Waals surface area (Å²) < 4.78 is 34.4. The summed E-state index contributed by atoms with van der Waals surface area (Å²) in [6.07, 6.45) is 3.06. The van der Waals surface area contributed by atoms with Crippen molar-refractivity contribution in [3.8, 4) is 5.75 Å². The van der Waals surface area contributed by atoms with Gasteiger partial charge in [0.25, 0.3) is 10.0 Å². The third-order valence-electron chi connectivity index (χ3n) is 5.29. The summed E-state index contributed by atoms with van der Waals surface area (Å²) in [4.78, 5) is 16.2. The summed E-state index contributed by atoms with van der Waals surface area (Å²) in [6, 6.07) is 7.31. The molecule has 9 heteroatoms. The number of carbonyl (C=O) groups is 1. The predicted octanol–water partition coefficient (Wildman–Crippen LogP) is 0.747. The van der Waals surface area contributed by atoms with Crippen molar-refractivity contribution < 1.29 is 23.1 Å². The fourth-order valence-corrected chi connectivity index (χ4v) is 5.34. The van der Waals surface area contributed by atoms with Crippen molar-refractivity contribution in [1.82, 2.24) is 13.9 Å². The fourth-order valence-electron chi connectivity index (χ4n) is 3.82. The number of para-hydroxylation sites is 1. The Morgan fingerprint density at radius 2 is 2.15 bits per heavy atom. The van der Waals surface area contributed by atoms with Crippen molar-refractivity contribution in [2.75, 3.05) is 19.7 Å². The minimum atomic E-state index is -3.85. The molecule has 0 amide bonds. The molecule has 0 saturated carbocycles. The summed E-state index contributed by atoms with van der Waals surface area (Å²) in [6.45, 7) is 0.167. The molecule has 4 rings (SSSR count). The Morgan fingerprint density at radius 1 is 1.38 bits per heavy atom. The Bertz CT molecular complexity index is 970. The fraction of sp³-hybridized carbons (Fsp3) is 0.412. The lowest BCUT2D eigenvalue weighted by Crippen LogP contribution is -2.42. The number of sulfonamides is 1. The number of aryl methyl sites for hydroxylation is 1. The number of nitrogens with zero attached hydrogens (tertiary/aromatic N) is 3. The van der Waals surface area contributed by atoms with Crippen LogP contribution in [0.2, 0.25) is 0 Å². The summed E-state index contributed by atoms with van der Waals surface area (Å²) in [5.74, 6) is -0.769. The minimum Gasteiger partial charge on any atom is -0.493 e.